The molecule has 0 aliphatic carbocycles. The lowest BCUT2D eigenvalue weighted by atomic mass is 9.90. The maximum atomic E-state index is 6.30. The number of nitrogens with zero attached hydrogens (tertiary/aromatic N) is 1. The maximum absolute atomic E-state index is 6.30. The molecule has 0 bridgehead atoms. The molecule has 0 amide bonds. The molecule has 0 saturated carbocycles. The van der Waals surface area contributed by atoms with Gasteiger partial charge in [0.1, 0.15) is 5.52 Å². The average Bonchev–Trinajstić information content (AvgIpc) is 2.87. The van der Waals surface area contributed by atoms with Gasteiger partial charge in [-0.05, 0) is 56.0 Å². The molecule has 1 aromatic heterocycles. The highest BCUT2D eigenvalue weighted by atomic mass is 16.3. The molecule has 2 atom stereocenters. The second-order valence-electron chi connectivity index (χ2n) is 5.13. The van der Waals surface area contributed by atoms with E-state index in [0.29, 0.717) is 5.92 Å². The van der Waals surface area contributed by atoms with Gasteiger partial charge in [0, 0.05) is 6.04 Å². The molecule has 4 nitrogen and oxygen atoms in total. The molecule has 0 radical (unpaired) electrons. The van der Waals surface area contributed by atoms with Crippen molar-refractivity contribution in [3.63, 3.8) is 0 Å². The minimum atomic E-state index is 0.0874. The highest BCUT2D eigenvalue weighted by molar-refractivity contribution is 5.72. The van der Waals surface area contributed by atoms with Gasteiger partial charge in [-0.25, -0.2) is 4.98 Å². The lowest BCUT2D eigenvalue weighted by Crippen LogP contribution is -2.31. The Hall–Kier alpha value is -1.39. The van der Waals surface area contributed by atoms with Crippen LogP contribution < -0.4 is 11.1 Å². The molecular weight excluding hydrogens is 226 g/mol. The number of nitrogens with one attached hydrogen (secondary N) is 1. The van der Waals surface area contributed by atoms with E-state index < -0.39 is 0 Å². The molecule has 18 heavy (non-hydrogen) atoms. The summed E-state index contributed by atoms with van der Waals surface area (Å²) >= 11 is 0. The van der Waals surface area contributed by atoms with Gasteiger partial charge in [0.05, 0.1) is 0 Å². The molecule has 3 rings (SSSR count). The Bertz CT molecular complexity index is 516. The number of oxazole rings is 1. The molecule has 4 heteroatoms. The van der Waals surface area contributed by atoms with E-state index in [-0.39, 0.29) is 6.04 Å². The fraction of sp³-hybridized carbons (Fsp3) is 0.500. The van der Waals surface area contributed by atoms with E-state index in [4.69, 9.17) is 10.2 Å². The summed E-state index contributed by atoms with van der Waals surface area (Å²) in [6, 6.07) is 6.15. The molecule has 2 aromatic rings. The van der Waals surface area contributed by atoms with Crippen molar-refractivity contribution in [3.05, 3.63) is 30.2 Å². The zero-order valence-corrected chi connectivity index (χ0v) is 10.4. The Morgan fingerprint density at radius 1 is 1.50 bits per heavy atom. The number of benzene rings is 1. The Morgan fingerprint density at radius 2 is 2.44 bits per heavy atom. The Kier molecular flexibility index (Phi) is 3.30. The number of piperidine rings is 1. The second-order valence-corrected chi connectivity index (χ2v) is 5.13. The van der Waals surface area contributed by atoms with Crippen LogP contribution in [-0.4, -0.2) is 18.1 Å². The van der Waals surface area contributed by atoms with Crippen molar-refractivity contribution in [2.75, 3.05) is 13.1 Å². The van der Waals surface area contributed by atoms with Gasteiger partial charge >= 0.3 is 0 Å². The summed E-state index contributed by atoms with van der Waals surface area (Å²) in [4.78, 5) is 4.12. The summed E-state index contributed by atoms with van der Waals surface area (Å²) in [6.45, 7) is 2.24. The fourth-order valence-electron chi connectivity index (χ4n) is 2.72. The molecule has 1 aliphatic heterocycles. The monoisotopic (exact) mass is 245 g/mol. The zero-order valence-electron chi connectivity index (χ0n) is 10.4. The van der Waals surface area contributed by atoms with Crippen molar-refractivity contribution in [2.45, 2.75) is 25.3 Å². The van der Waals surface area contributed by atoms with Crippen LogP contribution in [0.2, 0.25) is 0 Å². The highest BCUT2D eigenvalue weighted by Gasteiger charge is 2.18. The van der Waals surface area contributed by atoms with Crippen molar-refractivity contribution < 1.29 is 4.42 Å². The molecule has 3 N–H and O–H groups in total. The fourth-order valence-corrected chi connectivity index (χ4v) is 2.72. The lowest BCUT2D eigenvalue weighted by Gasteiger charge is -2.25. The predicted octanol–water partition coefficient (Wildman–Crippen LogP) is 2.22. The SMILES string of the molecule is NC(CC1CCCNC1)c1ccc2ncoc2c1. The molecular formula is C14H19N3O. The minimum absolute atomic E-state index is 0.0874. The van der Waals surface area contributed by atoms with Gasteiger partial charge < -0.3 is 15.5 Å². The van der Waals surface area contributed by atoms with Gasteiger partial charge in [0.2, 0.25) is 0 Å². The van der Waals surface area contributed by atoms with Gasteiger partial charge in [-0.1, -0.05) is 6.07 Å². The van der Waals surface area contributed by atoms with Crippen LogP contribution in [-0.2, 0) is 0 Å². The van der Waals surface area contributed by atoms with E-state index >= 15 is 0 Å². The number of fused-ring (bicyclic) bond motifs is 1. The number of hydrogen-bond acceptors (Lipinski definition) is 4. The summed E-state index contributed by atoms with van der Waals surface area (Å²) in [5.41, 5.74) is 9.16. The van der Waals surface area contributed by atoms with E-state index in [0.717, 1.165) is 36.2 Å². The van der Waals surface area contributed by atoms with Crippen molar-refractivity contribution >= 4 is 11.1 Å². The number of aromatic nitrogens is 1. The summed E-state index contributed by atoms with van der Waals surface area (Å²) in [6.07, 6.45) is 5.06. The Balaban J connectivity index is 1.72. The van der Waals surface area contributed by atoms with Crippen LogP contribution in [0.1, 0.15) is 30.9 Å². The Morgan fingerprint density at radius 3 is 3.28 bits per heavy atom. The van der Waals surface area contributed by atoms with Gasteiger partial charge in [-0.15, -0.1) is 0 Å². The average molecular weight is 245 g/mol. The summed E-state index contributed by atoms with van der Waals surface area (Å²) in [5.74, 6) is 0.694. The van der Waals surface area contributed by atoms with Crippen molar-refractivity contribution in [2.24, 2.45) is 11.7 Å². The van der Waals surface area contributed by atoms with Gasteiger partial charge in [-0.3, -0.25) is 0 Å². The summed E-state index contributed by atoms with van der Waals surface area (Å²) in [5, 5.41) is 3.43. The van der Waals surface area contributed by atoms with Crippen LogP contribution in [0.25, 0.3) is 11.1 Å². The first-order chi connectivity index (χ1) is 8.83. The first kappa shape index (κ1) is 11.7. The van der Waals surface area contributed by atoms with Crippen molar-refractivity contribution in [3.8, 4) is 0 Å². The Labute approximate surface area is 107 Å². The molecule has 1 fully saturated rings. The van der Waals surface area contributed by atoms with Crippen LogP contribution in [0, 0.1) is 5.92 Å². The standard InChI is InChI=1S/C14H19N3O/c15-12(6-10-2-1-5-16-8-10)11-3-4-13-14(7-11)18-9-17-13/h3-4,7,9-10,12,16H,1-2,5-6,8,15H2. The van der Waals surface area contributed by atoms with E-state index in [9.17, 15) is 0 Å². The molecule has 0 spiro atoms. The predicted molar refractivity (Wildman–Crippen MR) is 71.1 cm³/mol. The van der Waals surface area contributed by atoms with Gasteiger partial charge in [0.25, 0.3) is 0 Å². The minimum Gasteiger partial charge on any atom is -0.443 e. The van der Waals surface area contributed by atoms with Crippen LogP contribution in [0.3, 0.4) is 0 Å². The first-order valence-electron chi connectivity index (χ1n) is 6.62. The number of rotatable bonds is 3. The van der Waals surface area contributed by atoms with Gasteiger partial charge in [-0.2, -0.15) is 0 Å². The highest BCUT2D eigenvalue weighted by Crippen LogP contribution is 2.25. The normalized spacial score (nSPS) is 22.2. The molecule has 1 saturated heterocycles. The second kappa shape index (κ2) is 5.08. The number of nitrogens with two attached hydrogens (primary N) is 1. The molecule has 1 aromatic carbocycles. The largest absolute Gasteiger partial charge is 0.443 e. The third-order valence-electron chi connectivity index (χ3n) is 3.77. The van der Waals surface area contributed by atoms with Crippen molar-refractivity contribution in [1.82, 2.24) is 10.3 Å². The van der Waals surface area contributed by atoms with Crippen LogP contribution in [0.4, 0.5) is 0 Å². The third-order valence-corrected chi connectivity index (χ3v) is 3.77. The first-order valence-corrected chi connectivity index (χ1v) is 6.62. The van der Waals surface area contributed by atoms with Crippen molar-refractivity contribution in [1.29, 1.82) is 0 Å². The maximum Gasteiger partial charge on any atom is 0.181 e. The molecule has 2 unspecified atom stereocenters. The van der Waals surface area contributed by atoms with E-state index in [1.165, 1.54) is 19.2 Å². The quantitative estimate of drug-likeness (QED) is 0.870. The number of hydrogen-bond donors (Lipinski definition) is 2. The third kappa shape index (κ3) is 2.40. The molecule has 1 aliphatic rings. The topological polar surface area (TPSA) is 64.1 Å². The summed E-state index contributed by atoms with van der Waals surface area (Å²) < 4.78 is 5.32. The van der Waals surface area contributed by atoms with E-state index in [1.807, 2.05) is 12.1 Å². The zero-order chi connectivity index (χ0) is 12.4. The summed E-state index contributed by atoms with van der Waals surface area (Å²) in [7, 11) is 0. The van der Waals surface area contributed by atoms with E-state index in [1.54, 1.807) is 0 Å². The van der Waals surface area contributed by atoms with E-state index in [2.05, 4.69) is 16.4 Å². The smallest absolute Gasteiger partial charge is 0.181 e. The van der Waals surface area contributed by atoms with Crippen LogP contribution in [0.5, 0.6) is 0 Å². The molecule has 2 heterocycles. The lowest BCUT2D eigenvalue weighted by molar-refractivity contribution is 0.337. The van der Waals surface area contributed by atoms with Crippen LogP contribution in [0.15, 0.2) is 29.0 Å². The molecule has 96 valence electrons. The van der Waals surface area contributed by atoms with Crippen LogP contribution >= 0.6 is 0 Å². The van der Waals surface area contributed by atoms with Gasteiger partial charge in [0.15, 0.2) is 12.0 Å².